The number of carbonyl (C=O) groups excluding carboxylic acids is 1. The number of hydrogen-bond acceptors (Lipinski definition) is 5. The summed E-state index contributed by atoms with van der Waals surface area (Å²) in [5.41, 5.74) is 2.80. The summed E-state index contributed by atoms with van der Waals surface area (Å²) in [6.07, 6.45) is 3.90. The van der Waals surface area contributed by atoms with Gasteiger partial charge in [0.15, 0.2) is 5.16 Å². The van der Waals surface area contributed by atoms with Crippen LogP contribution in [0.5, 0.6) is 0 Å². The molecule has 2 atom stereocenters. The van der Waals surface area contributed by atoms with Crippen molar-refractivity contribution in [1.29, 1.82) is 0 Å². The summed E-state index contributed by atoms with van der Waals surface area (Å²) in [6, 6.07) is 15.5. The molecule has 2 aliphatic rings. The van der Waals surface area contributed by atoms with Gasteiger partial charge in [0.25, 0.3) is 5.56 Å². The Hall–Kier alpha value is -2.64. The molecule has 0 aliphatic carbocycles. The molecule has 3 heterocycles. The Morgan fingerprint density at radius 1 is 1.19 bits per heavy atom. The number of carbonyl (C=O) groups is 1. The first-order valence-corrected chi connectivity index (χ1v) is 12.2. The highest BCUT2D eigenvalue weighted by Crippen LogP contribution is 2.31. The molecule has 2 unspecified atom stereocenters. The summed E-state index contributed by atoms with van der Waals surface area (Å²) in [4.78, 5) is 33.4. The van der Waals surface area contributed by atoms with Crippen LogP contribution in [0.25, 0.3) is 10.9 Å². The average Bonchev–Trinajstić information content (AvgIpc) is 3.34. The van der Waals surface area contributed by atoms with E-state index in [9.17, 15) is 9.59 Å². The van der Waals surface area contributed by atoms with Gasteiger partial charge >= 0.3 is 0 Å². The Kier molecular flexibility index (Phi) is 6.02. The number of hydrogen-bond donors (Lipinski definition) is 0. The molecule has 32 heavy (non-hydrogen) atoms. The number of para-hydroxylation sites is 2. The number of aryl methyl sites for hydroxylation is 1. The van der Waals surface area contributed by atoms with Gasteiger partial charge in [-0.2, -0.15) is 0 Å². The zero-order valence-corrected chi connectivity index (χ0v) is 19.0. The van der Waals surface area contributed by atoms with Crippen LogP contribution in [0.1, 0.15) is 31.7 Å². The third-order valence-corrected chi connectivity index (χ3v) is 7.32. The summed E-state index contributed by atoms with van der Waals surface area (Å²) in [7, 11) is 0. The highest BCUT2D eigenvalue weighted by molar-refractivity contribution is 8.00. The van der Waals surface area contributed by atoms with Crippen molar-refractivity contribution in [2.45, 2.75) is 55.7 Å². The number of anilines is 1. The number of amides is 1. The van der Waals surface area contributed by atoms with Crippen molar-refractivity contribution in [1.82, 2.24) is 9.55 Å². The lowest BCUT2D eigenvalue weighted by molar-refractivity contribution is -0.117. The van der Waals surface area contributed by atoms with Crippen molar-refractivity contribution in [2.24, 2.45) is 0 Å². The van der Waals surface area contributed by atoms with Crippen LogP contribution in [-0.2, 0) is 22.5 Å². The Morgan fingerprint density at radius 2 is 2.00 bits per heavy atom. The van der Waals surface area contributed by atoms with Gasteiger partial charge in [-0.05, 0) is 56.4 Å². The van der Waals surface area contributed by atoms with Gasteiger partial charge in [0.05, 0.1) is 28.8 Å². The number of rotatable bonds is 5. The molecule has 0 N–H and O–H groups in total. The third-order valence-electron chi connectivity index (χ3n) is 6.24. The van der Waals surface area contributed by atoms with E-state index in [0.717, 1.165) is 38.0 Å². The zero-order chi connectivity index (χ0) is 22.1. The van der Waals surface area contributed by atoms with Crippen LogP contribution >= 0.6 is 11.8 Å². The smallest absolute Gasteiger partial charge is 0.262 e. The summed E-state index contributed by atoms with van der Waals surface area (Å²) in [5, 5.41) is 0.805. The van der Waals surface area contributed by atoms with E-state index < -0.39 is 0 Å². The van der Waals surface area contributed by atoms with Gasteiger partial charge in [0, 0.05) is 18.8 Å². The monoisotopic (exact) mass is 449 g/mol. The van der Waals surface area contributed by atoms with E-state index in [1.807, 2.05) is 54.3 Å². The predicted octanol–water partition coefficient (Wildman–Crippen LogP) is 4.04. The van der Waals surface area contributed by atoms with Crippen molar-refractivity contribution >= 4 is 34.3 Å². The fourth-order valence-electron chi connectivity index (χ4n) is 4.58. The van der Waals surface area contributed by atoms with Gasteiger partial charge in [-0.15, -0.1) is 0 Å². The highest BCUT2D eigenvalue weighted by Gasteiger charge is 2.28. The van der Waals surface area contributed by atoms with E-state index in [0.29, 0.717) is 29.1 Å². The second-order valence-corrected chi connectivity index (χ2v) is 9.75. The van der Waals surface area contributed by atoms with Crippen LogP contribution in [-0.4, -0.2) is 40.0 Å². The summed E-state index contributed by atoms with van der Waals surface area (Å²) in [5.74, 6) is 0.0493. The Labute approximate surface area is 191 Å². The van der Waals surface area contributed by atoms with E-state index in [4.69, 9.17) is 9.72 Å². The number of ether oxygens (including phenoxy) is 1. The summed E-state index contributed by atoms with van der Waals surface area (Å²) >= 11 is 1.36. The average molecular weight is 450 g/mol. The standard InChI is InChI=1S/C25H27N3O3S/c1-17(23(29)27-14-6-9-18-8-2-5-13-22(18)27)32-25-26-21-12-4-3-11-20(21)24(30)28(25)16-19-10-7-15-31-19/h2-5,8,11-13,17,19H,6-7,9-10,14-16H2,1H3. The van der Waals surface area contributed by atoms with Gasteiger partial charge < -0.3 is 9.64 Å². The summed E-state index contributed by atoms with van der Waals surface area (Å²) < 4.78 is 7.50. The second-order valence-electron chi connectivity index (χ2n) is 8.44. The molecule has 1 aromatic heterocycles. The fraction of sp³-hybridized carbons (Fsp3) is 0.400. The van der Waals surface area contributed by atoms with Gasteiger partial charge in [-0.3, -0.25) is 14.2 Å². The van der Waals surface area contributed by atoms with E-state index in [1.165, 1.54) is 17.3 Å². The SMILES string of the molecule is CC(Sc1nc2ccccc2c(=O)n1CC1CCCO1)C(=O)N1CCCc2ccccc21. The van der Waals surface area contributed by atoms with Crippen LogP contribution in [0.2, 0.25) is 0 Å². The molecule has 2 aliphatic heterocycles. The molecular formula is C25H27N3O3S. The molecule has 0 bridgehead atoms. The zero-order valence-electron chi connectivity index (χ0n) is 18.2. The molecule has 7 heteroatoms. The van der Waals surface area contributed by atoms with Crippen LogP contribution in [0.4, 0.5) is 5.69 Å². The minimum absolute atomic E-state index is 0.00925. The van der Waals surface area contributed by atoms with E-state index in [1.54, 1.807) is 4.57 Å². The first kappa shape index (κ1) is 21.2. The molecule has 2 aromatic carbocycles. The lowest BCUT2D eigenvalue weighted by Gasteiger charge is -2.31. The van der Waals surface area contributed by atoms with Crippen LogP contribution in [0.3, 0.4) is 0 Å². The highest BCUT2D eigenvalue weighted by atomic mass is 32.2. The van der Waals surface area contributed by atoms with Crippen molar-refractivity contribution in [3.8, 4) is 0 Å². The minimum Gasteiger partial charge on any atom is -0.376 e. The first-order chi connectivity index (χ1) is 15.6. The molecule has 1 saturated heterocycles. The lowest BCUT2D eigenvalue weighted by atomic mass is 10.0. The number of benzene rings is 2. The Morgan fingerprint density at radius 3 is 2.84 bits per heavy atom. The number of thioether (sulfide) groups is 1. The fourth-order valence-corrected chi connectivity index (χ4v) is 5.56. The van der Waals surface area contributed by atoms with Crippen LogP contribution in [0.15, 0.2) is 58.5 Å². The first-order valence-electron chi connectivity index (χ1n) is 11.3. The van der Waals surface area contributed by atoms with Gasteiger partial charge in [0.2, 0.25) is 5.91 Å². The predicted molar refractivity (Wildman–Crippen MR) is 127 cm³/mol. The molecule has 0 spiro atoms. The molecule has 1 amide bonds. The topological polar surface area (TPSA) is 64.4 Å². The normalized spacial score (nSPS) is 19.2. The van der Waals surface area contributed by atoms with Crippen LogP contribution in [0, 0.1) is 0 Å². The molecule has 6 nitrogen and oxygen atoms in total. The summed E-state index contributed by atoms with van der Waals surface area (Å²) in [6.45, 7) is 3.81. The maximum absolute atomic E-state index is 13.4. The van der Waals surface area contributed by atoms with E-state index >= 15 is 0 Å². The Balaban J connectivity index is 1.46. The number of aromatic nitrogens is 2. The van der Waals surface area contributed by atoms with Crippen molar-refractivity contribution < 1.29 is 9.53 Å². The van der Waals surface area contributed by atoms with E-state index in [-0.39, 0.29) is 22.8 Å². The third kappa shape index (κ3) is 4.07. The van der Waals surface area contributed by atoms with Gasteiger partial charge in [-0.25, -0.2) is 4.98 Å². The molecule has 0 saturated carbocycles. The number of fused-ring (bicyclic) bond motifs is 2. The number of nitrogens with zero attached hydrogens (tertiary/aromatic N) is 3. The van der Waals surface area contributed by atoms with Crippen molar-refractivity contribution in [2.75, 3.05) is 18.1 Å². The van der Waals surface area contributed by atoms with E-state index in [2.05, 4.69) is 6.07 Å². The molecule has 3 aromatic rings. The second kappa shape index (κ2) is 9.08. The van der Waals surface area contributed by atoms with Crippen molar-refractivity contribution in [3.05, 3.63) is 64.4 Å². The van der Waals surface area contributed by atoms with Gasteiger partial charge in [0.1, 0.15) is 0 Å². The largest absolute Gasteiger partial charge is 0.376 e. The van der Waals surface area contributed by atoms with Crippen LogP contribution < -0.4 is 10.5 Å². The van der Waals surface area contributed by atoms with Crippen molar-refractivity contribution in [3.63, 3.8) is 0 Å². The maximum Gasteiger partial charge on any atom is 0.262 e. The molecule has 5 rings (SSSR count). The maximum atomic E-state index is 13.4. The minimum atomic E-state index is -0.370. The molecule has 0 radical (unpaired) electrons. The van der Waals surface area contributed by atoms with Gasteiger partial charge in [-0.1, -0.05) is 42.1 Å². The molecule has 166 valence electrons. The Bertz CT molecular complexity index is 1200. The molecular weight excluding hydrogens is 422 g/mol. The lowest BCUT2D eigenvalue weighted by Crippen LogP contribution is -2.40. The quantitative estimate of drug-likeness (QED) is 0.435. The molecule has 1 fully saturated rings.